The van der Waals surface area contributed by atoms with Crippen molar-refractivity contribution < 1.29 is 4.92 Å². The molecule has 4 rings (SSSR count). The van der Waals surface area contributed by atoms with Crippen LogP contribution in [0, 0.1) is 10.1 Å². The van der Waals surface area contributed by atoms with Gasteiger partial charge in [-0.3, -0.25) is 14.9 Å². The largest absolute Gasteiger partial charge is 0.353 e. The Morgan fingerprint density at radius 2 is 1.67 bits per heavy atom. The molecule has 0 aromatic carbocycles. The van der Waals surface area contributed by atoms with E-state index >= 15 is 0 Å². The van der Waals surface area contributed by atoms with Gasteiger partial charge in [-0.15, -0.1) is 0 Å². The van der Waals surface area contributed by atoms with Crippen molar-refractivity contribution in [2.75, 3.05) is 36.0 Å². The van der Waals surface area contributed by atoms with E-state index in [4.69, 9.17) is 0 Å². The number of rotatable bonds is 5. The molecule has 0 aliphatic carbocycles. The van der Waals surface area contributed by atoms with E-state index in [1.54, 1.807) is 12.3 Å². The normalized spacial score (nSPS) is 14.0. The van der Waals surface area contributed by atoms with Crippen molar-refractivity contribution in [2.45, 2.75) is 13.3 Å². The van der Waals surface area contributed by atoms with Crippen LogP contribution < -0.4 is 15.4 Å². The number of aryl methyl sites for hydroxylation is 1. The molecule has 30 heavy (non-hydrogen) atoms. The number of hydrogen-bond acceptors (Lipinski definition) is 8. The highest BCUT2D eigenvalue weighted by Crippen LogP contribution is 2.21. The zero-order valence-corrected chi connectivity index (χ0v) is 16.5. The minimum absolute atomic E-state index is 0.0121. The first-order chi connectivity index (χ1) is 14.5. The Bertz CT molecular complexity index is 1090. The topological polar surface area (TPSA) is 121 Å². The number of H-pyrrole nitrogens is 1. The molecule has 3 aromatic rings. The third-order valence-corrected chi connectivity index (χ3v) is 5.05. The quantitative estimate of drug-likeness (QED) is 0.504. The Kier molecular flexibility index (Phi) is 5.38. The van der Waals surface area contributed by atoms with Crippen LogP contribution in [-0.4, -0.2) is 51.0 Å². The van der Waals surface area contributed by atoms with E-state index in [1.807, 2.05) is 19.1 Å². The van der Waals surface area contributed by atoms with Crippen molar-refractivity contribution in [2.24, 2.45) is 0 Å². The summed E-state index contributed by atoms with van der Waals surface area (Å²) in [5, 5.41) is 10.8. The minimum Gasteiger partial charge on any atom is -0.353 e. The second-order valence-electron chi connectivity index (χ2n) is 6.95. The molecule has 10 nitrogen and oxygen atoms in total. The summed E-state index contributed by atoms with van der Waals surface area (Å²) in [4.78, 5) is 42.3. The molecule has 1 saturated heterocycles. The van der Waals surface area contributed by atoms with Crippen LogP contribution in [0.1, 0.15) is 12.6 Å². The van der Waals surface area contributed by atoms with Crippen molar-refractivity contribution in [1.82, 2.24) is 19.9 Å². The van der Waals surface area contributed by atoms with Crippen LogP contribution in [0.3, 0.4) is 0 Å². The molecule has 0 amide bonds. The number of nitrogens with zero attached hydrogens (tertiary/aromatic N) is 6. The van der Waals surface area contributed by atoms with Gasteiger partial charge in [-0.2, -0.15) is 0 Å². The predicted molar refractivity (Wildman–Crippen MR) is 113 cm³/mol. The second kappa shape index (κ2) is 8.27. The Balaban J connectivity index is 1.42. The number of anilines is 2. The molecule has 0 spiro atoms. The standard InChI is InChI=1S/C20H21N7O3/c1-2-15-11-19(28)24-20(23-15)14-3-5-17(21-12-14)25-7-9-26(10-8-25)18-6-4-16(13-22-18)27(29)30/h3-6,11-13H,2,7-10H2,1H3,(H,23,24,28). The van der Waals surface area contributed by atoms with E-state index in [0.717, 1.165) is 49.1 Å². The molecule has 0 saturated carbocycles. The number of pyridine rings is 2. The van der Waals surface area contributed by atoms with Gasteiger partial charge in [0.25, 0.3) is 11.2 Å². The van der Waals surface area contributed by atoms with Gasteiger partial charge in [-0.1, -0.05) is 6.92 Å². The van der Waals surface area contributed by atoms with Crippen molar-refractivity contribution >= 4 is 17.3 Å². The molecule has 1 N–H and O–H groups in total. The van der Waals surface area contributed by atoms with E-state index < -0.39 is 4.92 Å². The monoisotopic (exact) mass is 407 g/mol. The van der Waals surface area contributed by atoms with Crippen LogP contribution in [0.2, 0.25) is 0 Å². The Morgan fingerprint density at radius 3 is 2.17 bits per heavy atom. The molecule has 1 aliphatic rings. The minimum atomic E-state index is -0.451. The molecule has 0 atom stereocenters. The fourth-order valence-corrected chi connectivity index (χ4v) is 3.38. The van der Waals surface area contributed by atoms with Crippen LogP contribution in [0.25, 0.3) is 11.4 Å². The van der Waals surface area contributed by atoms with Crippen LogP contribution in [-0.2, 0) is 6.42 Å². The van der Waals surface area contributed by atoms with Gasteiger partial charge in [-0.25, -0.2) is 15.0 Å². The van der Waals surface area contributed by atoms with Crippen molar-refractivity contribution in [3.05, 3.63) is 68.9 Å². The van der Waals surface area contributed by atoms with Crippen molar-refractivity contribution in [3.8, 4) is 11.4 Å². The van der Waals surface area contributed by atoms with E-state index in [2.05, 4.69) is 29.7 Å². The molecule has 1 fully saturated rings. The summed E-state index contributed by atoms with van der Waals surface area (Å²) in [6.45, 7) is 4.94. The summed E-state index contributed by atoms with van der Waals surface area (Å²) in [6.07, 6.45) is 3.70. The maximum Gasteiger partial charge on any atom is 0.287 e. The predicted octanol–water partition coefficient (Wildman–Crippen LogP) is 2.02. The summed E-state index contributed by atoms with van der Waals surface area (Å²) >= 11 is 0. The Labute approximate surface area is 172 Å². The average Bonchev–Trinajstić information content (AvgIpc) is 2.79. The highest BCUT2D eigenvalue weighted by molar-refractivity contribution is 5.57. The number of hydrogen-bond donors (Lipinski definition) is 1. The van der Waals surface area contributed by atoms with Crippen molar-refractivity contribution in [3.63, 3.8) is 0 Å². The Morgan fingerprint density at radius 1 is 1.03 bits per heavy atom. The average molecular weight is 407 g/mol. The first-order valence-corrected chi connectivity index (χ1v) is 9.70. The molecular formula is C20H21N7O3. The lowest BCUT2D eigenvalue weighted by atomic mass is 10.2. The number of aromatic nitrogens is 4. The summed E-state index contributed by atoms with van der Waals surface area (Å²) in [6, 6.07) is 8.49. The van der Waals surface area contributed by atoms with Gasteiger partial charge >= 0.3 is 0 Å². The fraction of sp³-hybridized carbons (Fsp3) is 0.300. The molecule has 4 heterocycles. The van der Waals surface area contributed by atoms with Gasteiger partial charge in [-0.05, 0) is 24.6 Å². The van der Waals surface area contributed by atoms with E-state index in [9.17, 15) is 14.9 Å². The first-order valence-electron chi connectivity index (χ1n) is 9.70. The molecule has 3 aromatic heterocycles. The van der Waals surface area contributed by atoms with Gasteiger partial charge < -0.3 is 14.8 Å². The second-order valence-corrected chi connectivity index (χ2v) is 6.95. The number of nitrogens with one attached hydrogen (secondary N) is 1. The lowest BCUT2D eigenvalue weighted by Gasteiger charge is -2.36. The van der Waals surface area contributed by atoms with Gasteiger partial charge in [0.05, 0.1) is 4.92 Å². The van der Waals surface area contributed by atoms with Gasteiger partial charge in [0.15, 0.2) is 0 Å². The summed E-state index contributed by atoms with van der Waals surface area (Å²) in [5.41, 5.74) is 1.33. The molecule has 154 valence electrons. The highest BCUT2D eigenvalue weighted by Gasteiger charge is 2.20. The molecule has 0 bridgehead atoms. The molecular weight excluding hydrogens is 386 g/mol. The number of piperazine rings is 1. The molecule has 1 aliphatic heterocycles. The van der Waals surface area contributed by atoms with Gasteiger partial charge in [0.2, 0.25) is 0 Å². The van der Waals surface area contributed by atoms with Crippen LogP contribution in [0.4, 0.5) is 17.3 Å². The maximum atomic E-state index is 11.8. The first kappa shape index (κ1) is 19.5. The van der Waals surface area contributed by atoms with Crippen molar-refractivity contribution in [1.29, 1.82) is 0 Å². The SMILES string of the molecule is CCc1cc(=O)[nH]c(-c2ccc(N3CCN(c4ccc([N+](=O)[O-])cn4)CC3)nc2)n1. The van der Waals surface area contributed by atoms with Crippen LogP contribution in [0.15, 0.2) is 47.5 Å². The highest BCUT2D eigenvalue weighted by atomic mass is 16.6. The van der Waals surface area contributed by atoms with Gasteiger partial charge in [0, 0.05) is 55.8 Å². The van der Waals surface area contributed by atoms with E-state index in [-0.39, 0.29) is 11.2 Å². The molecule has 10 heteroatoms. The summed E-state index contributed by atoms with van der Waals surface area (Å²) in [5.74, 6) is 2.10. The van der Waals surface area contributed by atoms with E-state index in [1.165, 1.54) is 18.3 Å². The summed E-state index contributed by atoms with van der Waals surface area (Å²) in [7, 11) is 0. The third kappa shape index (κ3) is 4.12. The van der Waals surface area contributed by atoms with Gasteiger partial charge in [0.1, 0.15) is 23.7 Å². The smallest absolute Gasteiger partial charge is 0.287 e. The lowest BCUT2D eigenvalue weighted by molar-refractivity contribution is -0.385. The number of aromatic amines is 1. The number of nitro groups is 1. The van der Waals surface area contributed by atoms with Crippen LogP contribution in [0.5, 0.6) is 0 Å². The Hall–Kier alpha value is -3.82. The third-order valence-electron chi connectivity index (χ3n) is 5.05. The zero-order chi connectivity index (χ0) is 21.1. The summed E-state index contributed by atoms with van der Waals surface area (Å²) < 4.78 is 0. The zero-order valence-electron chi connectivity index (χ0n) is 16.5. The molecule has 0 radical (unpaired) electrons. The van der Waals surface area contributed by atoms with E-state index in [0.29, 0.717) is 12.2 Å². The van der Waals surface area contributed by atoms with Crippen LogP contribution >= 0.6 is 0 Å². The maximum absolute atomic E-state index is 11.8. The fourth-order valence-electron chi connectivity index (χ4n) is 3.38. The molecule has 0 unspecified atom stereocenters. The lowest BCUT2D eigenvalue weighted by Crippen LogP contribution is -2.47.